The third-order valence-corrected chi connectivity index (χ3v) is 5.29. The summed E-state index contributed by atoms with van der Waals surface area (Å²) in [5, 5.41) is 10.9. The van der Waals surface area contributed by atoms with E-state index in [9.17, 15) is 14.7 Å². The molecule has 0 aliphatic rings. The number of halogens is 1. The van der Waals surface area contributed by atoms with Crippen LogP contribution in [-0.4, -0.2) is 21.4 Å². The first-order chi connectivity index (χ1) is 11.4. The van der Waals surface area contributed by atoms with Crippen LogP contribution in [0.2, 0.25) is 5.02 Å². The van der Waals surface area contributed by atoms with E-state index < -0.39 is 5.97 Å². The number of rotatable bonds is 4. The minimum atomic E-state index is -0.963. The molecule has 1 heterocycles. The van der Waals surface area contributed by atoms with Crippen molar-refractivity contribution in [3.05, 3.63) is 51.1 Å². The minimum Gasteiger partial charge on any atom is -0.480 e. The summed E-state index contributed by atoms with van der Waals surface area (Å²) in [6, 6.07) is 8.84. The molecule has 0 bridgehead atoms. The second-order valence-electron chi connectivity index (χ2n) is 5.54. The monoisotopic (exact) mass is 361 g/mol. The summed E-state index contributed by atoms with van der Waals surface area (Å²) in [5.41, 5.74) is 2.08. The smallest absolute Gasteiger partial charge is 0.323 e. The Morgan fingerprint density at radius 2 is 1.96 bits per heavy atom. The molecule has 0 fully saturated rings. The first kappa shape index (κ1) is 16.9. The Bertz CT molecular complexity index is 1030. The fraction of sp³-hybridized carbons (Fsp3) is 0.222. The lowest BCUT2D eigenvalue weighted by molar-refractivity contribution is -0.137. The number of carboxylic acids is 1. The Balaban J connectivity index is 2.59. The quantitative estimate of drug-likeness (QED) is 0.555. The van der Waals surface area contributed by atoms with Gasteiger partial charge in [0.2, 0.25) is 0 Å². The van der Waals surface area contributed by atoms with Crippen LogP contribution in [0.4, 0.5) is 0 Å². The van der Waals surface area contributed by atoms with Crippen LogP contribution in [0.15, 0.2) is 40.0 Å². The molecular formula is C18H16ClNO3S. The van der Waals surface area contributed by atoms with Gasteiger partial charge in [-0.2, -0.15) is 0 Å². The normalized spacial score (nSPS) is 11.3. The van der Waals surface area contributed by atoms with Crippen LogP contribution < -0.4 is 5.43 Å². The molecule has 0 saturated carbocycles. The highest BCUT2D eigenvalue weighted by atomic mass is 35.5. The molecule has 1 N–H and O–H groups in total. The highest BCUT2D eigenvalue weighted by Crippen LogP contribution is 2.35. The standard InChI is InChI=1S/C18H16ClNO3S/c1-3-24-18-13(19)7-6-12-16(18)20(9-15(21)22)14-8-10(2)4-5-11(14)17(12)23/h4-8H,3,9H2,1-2H3,(H,21,22). The van der Waals surface area contributed by atoms with Crippen molar-refractivity contribution in [2.24, 2.45) is 0 Å². The zero-order valence-electron chi connectivity index (χ0n) is 13.3. The Morgan fingerprint density at radius 3 is 2.62 bits per heavy atom. The van der Waals surface area contributed by atoms with Crippen LogP contribution in [-0.2, 0) is 11.3 Å². The van der Waals surface area contributed by atoms with Crippen LogP contribution >= 0.6 is 23.4 Å². The van der Waals surface area contributed by atoms with Crippen LogP contribution in [0.25, 0.3) is 21.8 Å². The molecule has 0 aliphatic carbocycles. The summed E-state index contributed by atoms with van der Waals surface area (Å²) in [4.78, 5) is 25.1. The summed E-state index contributed by atoms with van der Waals surface area (Å²) < 4.78 is 1.69. The first-order valence-corrected chi connectivity index (χ1v) is 8.90. The largest absolute Gasteiger partial charge is 0.480 e. The molecule has 124 valence electrons. The van der Waals surface area contributed by atoms with Crippen molar-refractivity contribution < 1.29 is 9.90 Å². The third kappa shape index (κ3) is 2.78. The molecule has 0 saturated heterocycles. The molecule has 2 aromatic carbocycles. The number of pyridine rings is 1. The van der Waals surface area contributed by atoms with Gasteiger partial charge in [0.05, 0.1) is 21.0 Å². The predicted octanol–water partition coefficient (Wildman–Crippen LogP) is 4.31. The maximum absolute atomic E-state index is 12.9. The summed E-state index contributed by atoms with van der Waals surface area (Å²) in [6.07, 6.45) is 0. The Morgan fingerprint density at radius 1 is 1.25 bits per heavy atom. The number of nitrogens with zero attached hydrogens (tertiary/aromatic N) is 1. The molecule has 3 aromatic rings. The highest BCUT2D eigenvalue weighted by molar-refractivity contribution is 7.99. The van der Waals surface area contributed by atoms with E-state index in [1.165, 1.54) is 11.8 Å². The molecule has 0 amide bonds. The Hall–Kier alpha value is -1.98. The number of fused-ring (bicyclic) bond motifs is 2. The predicted molar refractivity (Wildman–Crippen MR) is 99.5 cm³/mol. The van der Waals surface area contributed by atoms with Gasteiger partial charge in [0.1, 0.15) is 6.54 Å². The van der Waals surface area contributed by atoms with Crippen molar-refractivity contribution >= 4 is 51.1 Å². The third-order valence-electron chi connectivity index (χ3n) is 3.87. The fourth-order valence-electron chi connectivity index (χ4n) is 2.90. The molecule has 24 heavy (non-hydrogen) atoms. The van der Waals surface area contributed by atoms with E-state index in [2.05, 4.69) is 0 Å². The summed E-state index contributed by atoms with van der Waals surface area (Å²) in [5.74, 6) is -0.193. The van der Waals surface area contributed by atoms with Gasteiger partial charge in [0.15, 0.2) is 5.43 Å². The molecule has 0 aliphatic heterocycles. The molecule has 4 nitrogen and oxygen atoms in total. The van der Waals surface area contributed by atoms with Crippen molar-refractivity contribution in [3.8, 4) is 0 Å². The zero-order chi connectivity index (χ0) is 17.4. The van der Waals surface area contributed by atoms with Gasteiger partial charge >= 0.3 is 5.97 Å². The van der Waals surface area contributed by atoms with Crippen molar-refractivity contribution in [1.82, 2.24) is 4.57 Å². The van der Waals surface area contributed by atoms with Crippen LogP contribution in [0.3, 0.4) is 0 Å². The molecule has 3 rings (SSSR count). The summed E-state index contributed by atoms with van der Waals surface area (Å²) >= 11 is 7.85. The SMILES string of the molecule is CCSc1c(Cl)ccc2c(=O)c3ccc(C)cc3n(CC(=O)O)c12. The number of carbonyl (C=O) groups is 1. The van der Waals surface area contributed by atoms with Crippen LogP contribution in [0, 0.1) is 6.92 Å². The number of hydrogen-bond donors (Lipinski definition) is 1. The lowest BCUT2D eigenvalue weighted by Crippen LogP contribution is -2.16. The minimum absolute atomic E-state index is 0.101. The van der Waals surface area contributed by atoms with Gasteiger partial charge in [-0.15, -0.1) is 11.8 Å². The van der Waals surface area contributed by atoms with Crippen molar-refractivity contribution in [1.29, 1.82) is 0 Å². The second-order valence-corrected chi connectivity index (χ2v) is 7.22. The lowest BCUT2D eigenvalue weighted by Gasteiger charge is -2.17. The summed E-state index contributed by atoms with van der Waals surface area (Å²) in [6.45, 7) is 3.68. The number of aromatic nitrogens is 1. The lowest BCUT2D eigenvalue weighted by atomic mass is 10.1. The number of thioether (sulfide) groups is 1. The van der Waals surface area contributed by atoms with Crippen molar-refractivity contribution in [2.45, 2.75) is 25.3 Å². The van der Waals surface area contributed by atoms with E-state index in [0.717, 1.165) is 16.2 Å². The molecule has 0 radical (unpaired) electrons. The molecule has 6 heteroatoms. The van der Waals surface area contributed by atoms with E-state index in [-0.39, 0.29) is 12.0 Å². The molecular weight excluding hydrogens is 346 g/mol. The van der Waals surface area contributed by atoms with Gasteiger partial charge < -0.3 is 9.67 Å². The number of hydrogen-bond acceptors (Lipinski definition) is 3. The molecule has 1 aromatic heterocycles. The average Bonchev–Trinajstić information content (AvgIpc) is 2.53. The second kappa shape index (κ2) is 6.49. The highest BCUT2D eigenvalue weighted by Gasteiger charge is 2.18. The maximum Gasteiger partial charge on any atom is 0.323 e. The van der Waals surface area contributed by atoms with Crippen LogP contribution in [0.1, 0.15) is 12.5 Å². The number of aliphatic carboxylic acids is 1. The van der Waals surface area contributed by atoms with Crippen LogP contribution in [0.5, 0.6) is 0 Å². The number of carboxylic acid groups (broad SMARTS) is 1. The average molecular weight is 362 g/mol. The Kier molecular flexibility index (Phi) is 4.56. The van der Waals surface area contributed by atoms with Gasteiger partial charge in [-0.25, -0.2) is 0 Å². The van der Waals surface area contributed by atoms with E-state index >= 15 is 0 Å². The van der Waals surface area contributed by atoms with E-state index in [0.29, 0.717) is 26.8 Å². The van der Waals surface area contributed by atoms with E-state index in [4.69, 9.17) is 11.6 Å². The van der Waals surface area contributed by atoms with E-state index in [1.54, 1.807) is 22.8 Å². The molecule has 0 spiro atoms. The maximum atomic E-state index is 12.9. The van der Waals surface area contributed by atoms with Gasteiger partial charge in [0.25, 0.3) is 0 Å². The number of aryl methyl sites for hydroxylation is 1. The zero-order valence-corrected chi connectivity index (χ0v) is 14.9. The number of benzene rings is 2. The summed E-state index contributed by atoms with van der Waals surface area (Å²) in [7, 11) is 0. The molecule has 0 atom stereocenters. The van der Waals surface area contributed by atoms with Gasteiger partial charge in [-0.05, 0) is 42.5 Å². The fourth-order valence-corrected chi connectivity index (χ4v) is 4.07. The van der Waals surface area contributed by atoms with Crippen molar-refractivity contribution in [2.75, 3.05) is 5.75 Å². The first-order valence-electron chi connectivity index (χ1n) is 7.54. The van der Waals surface area contributed by atoms with Crippen molar-refractivity contribution in [3.63, 3.8) is 0 Å². The Labute approximate surface area is 148 Å². The van der Waals surface area contributed by atoms with Gasteiger partial charge in [0, 0.05) is 10.8 Å². The van der Waals surface area contributed by atoms with E-state index in [1.807, 2.05) is 26.0 Å². The topological polar surface area (TPSA) is 59.3 Å². The van der Waals surface area contributed by atoms with Gasteiger partial charge in [-0.3, -0.25) is 9.59 Å². The molecule has 0 unspecified atom stereocenters. The van der Waals surface area contributed by atoms with Gasteiger partial charge in [-0.1, -0.05) is 24.6 Å².